The van der Waals surface area contributed by atoms with Crippen molar-refractivity contribution in [2.45, 2.75) is 57.6 Å². The molecule has 0 spiro atoms. The standard InChI is InChI=1S/C30H36ClN3O5S/c1-6-22(3)32-30(36)23(4)33(19-24-12-10-11-21(2)17-24)29(35)20-34(27-18-25(31)15-16-28(27)39-5)40(37,38)26-13-8-7-9-14-26/h7-18,22-23H,6,19-20H2,1-5H3,(H,32,36). The Bertz CT molecular complexity index is 1430. The minimum Gasteiger partial charge on any atom is -0.495 e. The molecule has 8 nitrogen and oxygen atoms in total. The van der Waals surface area contributed by atoms with E-state index in [-0.39, 0.29) is 39.8 Å². The number of benzene rings is 3. The highest BCUT2D eigenvalue weighted by Crippen LogP contribution is 2.35. The number of hydrogen-bond acceptors (Lipinski definition) is 5. The van der Waals surface area contributed by atoms with E-state index in [2.05, 4.69) is 5.32 Å². The van der Waals surface area contributed by atoms with Crippen LogP contribution in [0.1, 0.15) is 38.3 Å². The van der Waals surface area contributed by atoms with Crippen molar-refractivity contribution in [2.75, 3.05) is 18.0 Å². The molecule has 2 amide bonds. The van der Waals surface area contributed by atoms with Gasteiger partial charge in [0.15, 0.2) is 0 Å². The zero-order valence-electron chi connectivity index (χ0n) is 23.4. The maximum absolute atomic E-state index is 14.0. The largest absolute Gasteiger partial charge is 0.495 e. The zero-order chi connectivity index (χ0) is 29.4. The number of nitrogens with zero attached hydrogens (tertiary/aromatic N) is 2. The topological polar surface area (TPSA) is 96.0 Å². The number of carbonyl (C=O) groups excluding carboxylic acids is 2. The lowest BCUT2D eigenvalue weighted by molar-refractivity contribution is -0.139. The van der Waals surface area contributed by atoms with Crippen molar-refractivity contribution in [2.24, 2.45) is 0 Å². The number of sulfonamides is 1. The minimum absolute atomic E-state index is 0.00220. The zero-order valence-corrected chi connectivity index (χ0v) is 25.0. The van der Waals surface area contributed by atoms with Crippen LogP contribution in [0.3, 0.4) is 0 Å². The van der Waals surface area contributed by atoms with E-state index in [1.54, 1.807) is 37.3 Å². The first-order chi connectivity index (χ1) is 19.0. The molecule has 0 radical (unpaired) electrons. The fraction of sp³-hybridized carbons (Fsp3) is 0.333. The van der Waals surface area contributed by atoms with E-state index in [9.17, 15) is 18.0 Å². The van der Waals surface area contributed by atoms with Gasteiger partial charge in [0.25, 0.3) is 10.0 Å². The number of methoxy groups -OCH3 is 1. The Balaban J connectivity index is 2.08. The molecule has 0 saturated heterocycles. The van der Waals surface area contributed by atoms with Crippen molar-refractivity contribution in [3.8, 4) is 5.75 Å². The molecule has 214 valence electrons. The molecule has 10 heteroatoms. The van der Waals surface area contributed by atoms with Crippen molar-refractivity contribution in [3.05, 3.63) is 88.9 Å². The number of aryl methyl sites for hydroxylation is 1. The van der Waals surface area contributed by atoms with E-state index in [0.29, 0.717) is 0 Å². The third-order valence-electron chi connectivity index (χ3n) is 6.62. The summed E-state index contributed by atoms with van der Waals surface area (Å²) in [6, 6.07) is 19.0. The highest BCUT2D eigenvalue weighted by molar-refractivity contribution is 7.92. The van der Waals surface area contributed by atoms with Gasteiger partial charge in [-0.25, -0.2) is 8.42 Å². The SMILES string of the molecule is CCC(C)NC(=O)C(C)N(Cc1cccc(C)c1)C(=O)CN(c1cc(Cl)ccc1OC)S(=O)(=O)c1ccccc1. The second-order valence-corrected chi connectivity index (χ2v) is 11.9. The summed E-state index contributed by atoms with van der Waals surface area (Å²) >= 11 is 6.26. The van der Waals surface area contributed by atoms with Gasteiger partial charge in [0, 0.05) is 17.6 Å². The monoisotopic (exact) mass is 585 g/mol. The van der Waals surface area contributed by atoms with Crippen molar-refractivity contribution >= 4 is 39.1 Å². The quantitative estimate of drug-likeness (QED) is 0.316. The second kappa shape index (κ2) is 13.7. The van der Waals surface area contributed by atoms with Gasteiger partial charge in [-0.15, -0.1) is 0 Å². The van der Waals surface area contributed by atoms with E-state index in [1.807, 2.05) is 45.0 Å². The van der Waals surface area contributed by atoms with Gasteiger partial charge < -0.3 is 15.0 Å². The van der Waals surface area contributed by atoms with Crippen LogP contribution in [0.5, 0.6) is 5.75 Å². The molecule has 0 aliphatic rings. The lowest BCUT2D eigenvalue weighted by atomic mass is 10.1. The van der Waals surface area contributed by atoms with Gasteiger partial charge in [0.05, 0.1) is 17.7 Å². The number of nitrogens with one attached hydrogen (secondary N) is 1. The first kappa shape index (κ1) is 31.0. The summed E-state index contributed by atoms with van der Waals surface area (Å²) in [5.74, 6) is -0.660. The summed E-state index contributed by atoms with van der Waals surface area (Å²) in [7, 11) is -2.82. The van der Waals surface area contributed by atoms with Crippen LogP contribution in [-0.2, 0) is 26.2 Å². The van der Waals surface area contributed by atoms with Crippen LogP contribution in [0, 0.1) is 6.92 Å². The smallest absolute Gasteiger partial charge is 0.264 e. The molecule has 3 aromatic rings. The highest BCUT2D eigenvalue weighted by Gasteiger charge is 2.34. The summed E-state index contributed by atoms with van der Waals surface area (Å²) in [6.07, 6.45) is 0.724. The molecule has 0 aliphatic carbocycles. The fourth-order valence-electron chi connectivity index (χ4n) is 4.15. The van der Waals surface area contributed by atoms with Crippen molar-refractivity contribution in [1.29, 1.82) is 0 Å². The molecule has 0 fully saturated rings. The maximum Gasteiger partial charge on any atom is 0.264 e. The van der Waals surface area contributed by atoms with E-state index in [1.165, 1.54) is 30.2 Å². The molecule has 0 bridgehead atoms. The molecule has 3 aromatic carbocycles. The van der Waals surface area contributed by atoms with Crippen LogP contribution in [0.2, 0.25) is 5.02 Å². The lowest BCUT2D eigenvalue weighted by Gasteiger charge is -2.33. The van der Waals surface area contributed by atoms with Crippen LogP contribution in [0.4, 0.5) is 5.69 Å². The molecule has 0 saturated carbocycles. The Morgan fingerprint density at radius 1 is 1.00 bits per heavy atom. The number of ether oxygens (including phenoxy) is 1. The van der Waals surface area contributed by atoms with Crippen molar-refractivity contribution < 1.29 is 22.7 Å². The van der Waals surface area contributed by atoms with E-state index in [4.69, 9.17) is 16.3 Å². The van der Waals surface area contributed by atoms with E-state index >= 15 is 0 Å². The average molecular weight is 586 g/mol. The first-order valence-corrected chi connectivity index (χ1v) is 14.9. The molecule has 1 N–H and O–H groups in total. The summed E-state index contributed by atoms with van der Waals surface area (Å²) < 4.78 is 34.3. The number of anilines is 1. The van der Waals surface area contributed by atoms with Crippen LogP contribution >= 0.6 is 11.6 Å². The van der Waals surface area contributed by atoms with Crippen molar-refractivity contribution in [3.63, 3.8) is 0 Å². The maximum atomic E-state index is 14.0. The third kappa shape index (κ3) is 7.55. The molecule has 2 unspecified atom stereocenters. The number of rotatable bonds is 12. The molecule has 2 atom stereocenters. The minimum atomic E-state index is -4.23. The van der Waals surface area contributed by atoms with Crippen molar-refractivity contribution in [1.82, 2.24) is 10.2 Å². The van der Waals surface area contributed by atoms with Crippen LogP contribution in [0.15, 0.2) is 77.7 Å². The fourth-order valence-corrected chi connectivity index (χ4v) is 5.75. The van der Waals surface area contributed by atoms with Gasteiger partial charge in [0.2, 0.25) is 11.8 Å². The Morgan fingerprint density at radius 3 is 2.33 bits per heavy atom. The van der Waals surface area contributed by atoms with Gasteiger partial charge in [0.1, 0.15) is 18.3 Å². The molecular weight excluding hydrogens is 550 g/mol. The van der Waals surface area contributed by atoms with Gasteiger partial charge in [-0.2, -0.15) is 0 Å². The van der Waals surface area contributed by atoms with Crippen LogP contribution in [0.25, 0.3) is 0 Å². The molecule has 0 aliphatic heterocycles. The van der Waals surface area contributed by atoms with E-state index < -0.39 is 28.5 Å². The summed E-state index contributed by atoms with van der Waals surface area (Å²) in [6.45, 7) is 6.95. The molecular formula is C30H36ClN3O5S. The van der Waals surface area contributed by atoms with Crippen LogP contribution < -0.4 is 14.4 Å². The van der Waals surface area contributed by atoms with Gasteiger partial charge in [-0.3, -0.25) is 13.9 Å². The molecule has 0 aromatic heterocycles. The highest BCUT2D eigenvalue weighted by atomic mass is 35.5. The molecule has 40 heavy (non-hydrogen) atoms. The Morgan fingerprint density at radius 2 is 1.70 bits per heavy atom. The lowest BCUT2D eigenvalue weighted by Crippen LogP contribution is -2.52. The summed E-state index contributed by atoms with van der Waals surface area (Å²) in [5.41, 5.74) is 1.92. The number of hydrogen-bond donors (Lipinski definition) is 1. The third-order valence-corrected chi connectivity index (χ3v) is 8.63. The number of carbonyl (C=O) groups is 2. The second-order valence-electron chi connectivity index (χ2n) is 9.65. The van der Waals surface area contributed by atoms with Gasteiger partial charge in [-0.1, -0.05) is 66.6 Å². The first-order valence-electron chi connectivity index (χ1n) is 13.0. The Hall–Kier alpha value is -3.56. The summed E-state index contributed by atoms with van der Waals surface area (Å²) in [4.78, 5) is 28.6. The molecule has 0 heterocycles. The Kier molecular flexibility index (Phi) is 10.6. The van der Waals surface area contributed by atoms with E-state index in [0.717, 1.165) is 21.9 Å². The summed E-state index contributed by atoms with van der Waals surface area (Å²) in [5, 5.41) is 3.20. The van der Waals surface area contributed by atoms with Gasteiger partial charge >= 0.3 is 0 Å². The predicted molar refractivity (Wildman–Crippen MR) is 158 cm³/mol. The molecule has 3 rings (SSSR count). The predicted octanol–water partition coefficient (Wildman–Crippen LogP) is 5.18. The Labute approximate surface area is 241 Å². The number of amides is 2. The van der Waals surface area contributed by atoms with Crippen LogP contribution in [-0.4, -0.2) is 50.9 Å². The average Bonchev–Trinajstić information content (AvgIpc) is 2.94. The number of halogens is 1. The normalized spacial score (nSPS) is 12.8. The van der Waals surface area contributed by atoms with Gasteiger partial charge in [-0.05, 0) is 63.1 Å².